The Labute approximate surface area is 118 Å². The second kappa shape index (κ2) is 6.00. The summed E-state index contributed by atoms with van der Waals surface area (Å²) < 4.78 is 0.999. The first-order chi connectivity index (χ1) is 8.20. The van der Waals surface area contributed by atoms with Crippen molar-refractivity contribution in [1.82, 2.24) is 4.98 Å². The zero-order valence-corrected chi connectivity index (χ0v) is 12.6. The third kappa shape index (κ3) is 3.31. The number of thiophene rings is 1. The lowest BCUT2D eigenvalue weighted by Crippen LogP contribution is -2.09. The molecule has 2 aromatic rings. The molecule has 2 N–H and O–H groups in total. The number of pyridine rings is 1. The van der Waals surface area contributed by atoms with E-state index in [1.54, 1.807) is 23.1 Å². The van der Waals surface area contributed by atoms with E-state index in [9.17, 15) is 0 Å². The third-order valence-corrected chi connectivity index (χ3v) is 5.32. The Balaban J connectivity index is 2.16. The van der Waals surface area contributed by atoms with Crippen molar-refractivity contribution in [2.45, 2.75) is 17.2 Å². The van der Waals surface area contributed by atoms with E-state index in [-0.39, 0.29) is 0 Å². The van der Waals surface area contributed by atoms with Crippen LogP contribution in [0.25, 0.3) is 0 Å². The molecule has 0 aromatic carbocycles. The molecule has 2 aromatic heterocycles. The summed E-state index contributed by atoms with van der Waals surface area (Å²) in [5.41, 5.74) is 7.17. The van der Waals surface area contributed by atoms with Crippen LogP contribution in [0.5, 0.6) is 0 Å². The maximum Gasteiger partial charge on any atom is 0.0967 e. The Morgan fingerprint density at radius 2 is 2.29 bits per heavy atom. The Hall–Kier alpha value is -0.360. The lowest BCUT2D eigenvalue weighted by atomic mass is 10.2. The highest BCUT2D eigenvalue weighted by atomic mass is 79.9. The van der Waals surface area contributed by atoms with Crippen LogP contribution in [0.1, 0.15) is 15.7 Å². The molecule has 0 saturated carbocycles. The molecule has 0 amide bonds. The summed E-state index contributed by atoms with van der Waals surface area (Å²) in [4.78, 5) is 5.72. The molecule has 0 radical (unpaired) electrons. The van der Waals surface area contributed by atoms with Crippen LogP contribution in [0.3, 0.4) is 0 Å². The Bertz CT molecular complexity index is 482. The molecule has 0 aliphatic carbocycles. The van der Waals surface area contributed by atoms with Gasteiger partial charge in [-0.25, -0.2) is 4.98 Å². The SMILES string of the molecule is Cc1ccsc1C(CN)Sc1ccc(Br)cn1. The minimum Gasteiger partial charge on any atom is -0.329 e. The molecule has 0 saturated heterocycles. The number of rotatable bonds is 4. The first-order valence-corrected chi connectivity index (χ1v) is 7.78. The van der Waals surface area contributed by atoms with Gasteiger partial charge in [-0.1, -0.05) is 11.8 Å². The van der Waals surface area contributed by atoms with Crippen molar-refractivity contribution in [3.05, 3.63) is 44.7 Å². The highest BCUT2D eigenvalue weighted by molar-refractivity contribution is 9.10. The second-order valence-corrected chi connectivity index (χ2v) is 6.71. The Morgan fingerprint density at radius 1 is 1.47 bits per heavy atom. The molecule has 0 aliphatic heterocycles. The molecule has 2 nitrogen and oxygen atoms in total. The molecule has 2 rings (SSSR count). The van der Waals surface area contributed by atoms with Gasteiger partial charge in [0, 0.05) is 22.1 Å². The molecule has 5 heteroatoms. The van der Waals surface area contributed by atoms with Crippen LogP contribution in [0.15, 0.2) is 39.3 Å². The fraction of sp³-hybridized carbons (Fsp3) is 0.250. The zero-order chi connectivity index (χ0) is 12.3. The van der Waals surface area contributed by atoms with Gasteiger partial charge >= 0.3 is 0 Å². The highest BCUT2D eigenvalue weighted by Gasteiger charge is 2.15. The van der Waals surface area contributed by atoms with E-state index in [4.69, 9.17) is 5.73 Å². The first kappa shape index (κ1) is 13.1. The van der Waals surface area contributed by atoms with Gasteiger partial charge in [0.15, 0.2) is 0 Å². The van der Waals surface area contributed by atoms with E-state index in [1.165, 1.54) is 10.4 Å². The van der Waals surface area contributed by atoms with Crippen molar-refractivity contribution in [1.29, 1.82) is 0 Å². The summed E-state index contributed by atoms with van der Waals surface area (Å²) in [6.45, 7) is 2.76. The van der Waals surface area contributed by atoms with Crippen LogP contribution in [0.4, 0.5) is 0 Å². The van der Waals surface area contributed by atoms with Crippen LogP contribution in [-0.2, 0) is 0 Å². The lowest BCUT2D eigenvalue weighted by Gasteiger charge is -2.13. The lowest BCUT2D eigenvalue weighted by molar-refractivity contribution is 0.945. The fourth-order valence-electron chi connectivity index (χ4n) is 1.50. The van der Waals surface area contributed by atoms with Crippen LogP contribution in [0, 0.1) is 6.92 Å². The minimum absolute atomic E-state index is 0.295. The van der Waals surface area contributed by atoms with Crippen LogP contribution < -0.4 is 5.73 Å². The average molecular weight is 329 g/mol. The van der Waals surface area contributed by atoms with Gasteiger partial charge in [0.25, 0.3) is 0 Å². The topological polar surface area (TPSA) is 38.9 Å². The molecule has 0 fully saturated rings. The fourth-order valence-corrected chi connectivity index (χ4v) is 3.91. The standard InChI is InChI=1S/C12H13BrN2S2/c1-8-4-5-16-12(8)10(6-14)17-11-3-2-9(13)7-15-11/h2-5,7,10H,6,14H2,1H3. The minimum atomic E-state index is 0.295. The van der Waals surface area contributed by atoms with Gasteiger partial charge < -0.3 is 5.73 Å². The van der Waals surface area contributed by atoms with Gasteiger partial charge in [-0.3, -0.25) is 0 Å². The van der Waals surface area contributed by atoms with Crippen molar-refractivity contribution in [3.8, 4) is 0 Å². The number of aromatic nitrogens is 1. The largest absolute Gasteiger partial charge is 0.329 e. The van der Waals surface area contributed by atoms with Crippen molar-refractivity contribution < 1.29 is 0 Å². The maximum absolute atomic E-state index is 5.86. The van der Waals surface area contributed by atoms with E-state index >= 15 is 0 Å². The van der Waals surface area contributed by atoms with Crippen LogP contribution in [0.2, 0.25) is 0 Å². The first-order valence-electron chi connectivity index (χ1n) is 5.23. The molecule has 0 aliphatic rings. The van der Waals surface area contributed by atoms with Crippen LogP contribution >= 0.6 is 39.0 Å². The van der Waals surface area contributed by atoms with Crippen molar-refractivity contribution in [2.24, 2.45) is 5.73 Å². The summed E-state index contributed by atoms with van der Waals surface area (Å²) >= 11 is 6.87. The summed E-state index contributed by atoms with van der Waals surface area (Å²) in [5, 5.41) is 3.42. The molecular weight excluding hydrogens is 316 g/mol. The van der Waals surface area contributed by atoms with Gasteiger partial charge in [0.1, 0.15) is 0 Å². The average Bonchev–Trinajstić information content (AvgIpc) is 2.75. The summed E-state index contributed by atoms with van der Waals surface area (Å²) in [5.74, 6) is 0. The van der Waals surface area contributed by atoms with Crippen LogP contribution in [-0.4, -0.2) is 11.5 Å². The number of thioether (sulfide) groups is 1. The monoisotopic (exact) mass is 328 g/mol. The predicted octanol–water partition coefficient (Wildman–Crippen LogP) is 4.01. The maximum atomic E-state index is 5.86. The summed E-state index contributed by atoms with van der Waals surface area (Å²) in [7, 11) is 0. The number of halogens is 1. The summed E-state index contributed by atoms with van der Waals surface area (Å²) in [6.07, 6.45) is 1.82. The van der Waals surface area contributed by atoms with E-state index in [2.05, 4.69) is 39.3 Å². The number of hydrogen-bond donors (Lipinski definition) is 1. The van der Waals surface area contributed by atoms with E-state index in [0.29, 0.717) is 11.8 Å². The molecule has 0 spiro atoms. The molecule has 2 heterocycles. The Kier molecular flexibility index (Phi) is 4.62. The number of nitrogens with zero attached hydrogens (tertiary/aromatic N) is 1. The molecule has 17 heavy (non-hydrogen) atoms. The quantitative estimate of drug-likeness (QED) is 0.862. The normalized spacial score (nSPS) is 12.6. The molecular formula is C12H13BrN2S2. The highest BCUT2D eigenvalue weighted by Crippen LogP contribution is 2.37. The summed E-state index contributed by atoms with van der Waals surface area (Å²) in [6, 6.07) is 6.16. The van der Waals surface area contributed by atoms with E-state index in [0.717, 1.165) is 9.50 Å². The third-order valence-electron chi connectivity index (χ3n) is 2.37. The van der Waals surface area contributed by atoms with Crippen molar-refractivity contribution >= 4 is 39.0 Å². The molecule has 1 unspecified atom stereocenters. The van der Waals surface area contributed by atoms with Gasteiger partial charge in [-0.2, -0.15) is 0 Å². The predicted molar refractivity (Wildman–Crippen MR) is 78.6 cm³/mol. The van der Waals surface area contributed by atoms with Gasteiger partial charge in [0.05, 0.1) is 10.3 Å². The number of aryl methyl sites for hydroxylation is 1. The van der Waals surface area contributed by atoms with Gasteiger partial charge in [-0.15, -0.1) is 11.3 Å². The Morgan fingerprint density at radius 3 is 2.82 bits per heavy atom. The zero-order valence-electron chi connectivity index (χ0n) is 9.39. The van der Waals surface area contributed by atoms with Gasteiger partial charge in [-0.05, 0) is 52.0 Å². The molecule has 90 valence electrons. The second-order valence-electron chi connectivity index (χ2n) is 3.62. The van der Waals surface area contributed by atoms with E-state index < -0.39 is 0 Å². The van der Waals surface area contributed by atoms with Crippen molar-refractivity contribution in [3.63, 3.8) is 0 Å². The molecule has 1 atom stereocenters. The number of hydrogen-bond acceptors (Lipinski definition) is 4. The molecule has 0 bridgehead atoms. The van der Waals surface area contributed by atoms with Gasteiger partial charge in [0.2, 0.25) is 0 Å². The van der Waals surface area contributed by atoms with Crippen molar-refractivity contribution in [2.75, 3.05) is 6.54 Å². The smallest absolute Gasteiger partial charge is 0.0967 e. The number of nitrogens with two attached hydrogens (primary N) is 1. The van der Waals surface area contributed by atoms with E-state index in [1.807, 2.05) is 18.3 Å².